The smallest absolute Gasteiger partial charge is 0.195 e. The minimum absolute atomic E-state index is 0.0236. The van der Waals surface area contributed by atoms with Gasteiger partial charge < -0.3 is 14.5 Å². The van der Waals surface area contributed by atoms with Gasteiger partial charge in [-0.25, -0.2) is 0 Å². The summed E-state index contributed by atoms with van der Waals surface area (Å²) in [6.45, 7) is 3.44. The van der Waals surface area contributed by atoms with Gasteiger partial charge in [-0.1, -0.05) is 54.6 Å². The van der Waals surface area contributed by atoms with Crippen LogP contribution in [0.5, 0.6) is 0 Å². The highest BCUT2D eigenvalue weighted by Gasteiger charge is 2.24. The Labute approximate surface area is 152 Å². The SMILES string of the molecule is Cc1c(C(=O)[O-])c(C(=O)c2ccccc2Cc2ccccc2)c(C)n1C. The van der Waals surface area contributed by atoms with E-state index in [2.05, 4.69) is 0 Å². The third-order valence-electron chi connectivity index (χ3n) is 4.91. The lowest BCUT2D eigenvalue weighted by Crippen LogP contribution is -2.25. The van der Waals surface area contributed by atoms with Gasteiger partial charge in [0.25, 0.3) is 0 Å². The van der Waals surface area contributed by atoms with Gasteiger partial charge in [0.05, 0.1) is 11.5 Å². The number of aromatic nitrogens is 1. The second-order valence-corrected chi connectivity index (χ2v) is 6.42. The maximum Gasteiger partial charge on any atom is 0.195 e. The lowest BCUT2D eigenvalue weighted by molar-refractivity contribution is -0.255. The van der Waals surface area contributed by atoms with Gasteiger partial charge >= 0.3 is 0 Å². The van der Waals surface area contributed by atoms with Crippen LogP contribution in [0.15, 0.2) is 54.6 Å². The summed E-state index contributed by atoms with van der Waals surface area (Å²) >= 11 is 0. The highest BCUT2D eigenvalue weighted by atomic mass is 16.4. The number of benzene rings is 2. The van der Waals surface area contributed by atoms with Crippen LogP contribution in [0.1, 0.15) is 48.8 Å². The number of ketones is 1. The molecule has 1 aromatic heterocycles. The molecule has 0 spiro atoms. The van der Waals surface area contributed by atoms with E-state index in [1.165, 1.54) is 0 Å². The normalized spacial score (nSPS) is 10.7. The van der Waals surface area contributed by atoms with Gasteiger partial charge in [-0.15, -0.1) is 0 Å². The van der Waals surface area contributed by atoms with Crippen LogP contribution in [0, 0.1) is 13.8 Å². The summed E-state index contributed by atoms with van der Waals surface area (Å²) in [6.07, 6.45) is 0.605. The Hall–Kier alpha value is -3.14. The third kappa shape index (κ3) is 3.06. The molecule has 0 saturated heterocycles. The van der Waals surface area contributed by atoms with E-state index in [9.17, 15) is 14.7 Å². The number of hydrogen-bond acceptors (Lipinski definition) is 3. The fraction of sp³-hybridized carbons (Fsp3) is 0.182. The fourth-order valence-electron chi connectivity index (χ4n) is 3.32. The number of carboxylic acid groups (broad SMARTS) is 1. The van der Waals surface area contributed by atoms with Crippen molar-refractivity contribution in [2.45, 2.75) is 20.3 Å². The molecule has 0 radical (unpaired) electrons. The van der Waals surface area contributed by atoms with Crippen LogP contribution in [-0.4, -0.2) is 16.3 Å². The largest absolute Gasteiger partial charge is 0.545 e. The summed E-state index contributed by atoms with van der Waals surface area (Å²) in [5, 5.41) is 11.6. The highest BCUT2D eigenvalue weighted by molar-refractivity contribution is 6.16. The molecule has 1 heterocycles. The van der Waals surface area contributed by atoms with Crippen molar-refractivity contribution in [2.75, 3.05) is 0 Å². The van der Waals surface area contributed by atoms with Gasteiger partial charge in [-0.05, 0) is 31.4 Å². The van der Waals surface area contributed by atoms with E-state index in [-0.39, 0.29) is 16.9 Å². The molecule has 0 unspecified atom stereocenters. The predicted molar refractivity (Wildman–Crippen MR) is 98.3 cm³/mol. The molecule has 132 valence electrons. The van der Waals surface area contributed by atoms with Crippen molar-refractivity contribution in [3.63, 3.8) is 0 Å². The first kappa shape index (κ1) is 17.7. The highest BCUT2D eigenvalue weighted by Crippen LogP contribution is 2.26. The lowest BCUT2D eigenvalue weighted by atomic mass is 9.92. The molecule has 26 heavy (non-hydrogen) atoms. The number of aromatic carboxylic acids is 1. The van der Waals surface area contributed by atoms with Crippen molar-refractivity contribution in [3.05, 3.63) is 93.8 Å². The van der Waals surface area contributed by atoms with E-state index in [0.717, 1.165) is 11.1 Å². The van der Waals surface area contributed by atoms with Crippen LogP contribution in [0.3, 0.4) is 0 Å². The zero-order valence-corrected chi connectivity index (χ0v) is 15.1. The molecule has 0 bridgehead atoms. The van der Waals surface area contributed by atoms with Crippen LogP contribution >= 0.6 is 0 Å². The van der Waals surface area contributed by atoms with Crippen LogP contribution in [0.25, 0.3) is 0 Å². The first-order chi connectivity index (χ1) is 12.4. The Balaban J connectivity index is 2.10. The summed E-state index contributed by atoms with van der Waals surface area (Å²) in [7, 11) is 1.75. The summed E-state index contributed by atoms with van der Waals surface area (Å²) in [5.41, 5.74) is 3.82. The molecule has 0 fully saturated rings. The number of rotatable bonds is 5. The predicted octanol–water partition coefficient (Wildman–Crippen LogP) is 2.83. The molecule has 0 aliphatic heterocycles. The average molecular weight is 346 g/mol. The van der Waals surface area contributed by atoms with Gasteiger partial charge in [0.1, 0.15) is 0 Å². The number of nitrogens with zero attached hydrogens (tertiary/aromatic N) is 1. The second-order valence-electron chi connectivity index (χ2n) is 6.42. The molecule has 3 aromatic rings. The van der Waals surface area contributed by atoms with E-state index in [0.29, 0.717) is 23.4 Å². The summed E-state index contributed by atoms with van der Waals surface area (Å²) in [6, 6.07) is 17.2. The van der Waals surface area contributed by atoms with Crippen molar-refractivity contribution >= 4 is 11.8 Å². The zero-order valence-electron chi connectivity index (χ0n) is 15.1. The van der Waals surface area contributed by atoms with Gasteiger partial charge in [0, 0.05) is 29.6 Å². The maximum atomic E-state index is 13.3. The van der Waals surface area contributed by atoms with Crippen molar-refractivity contribution < 1.29 is 14.7 Å². The first-order valence-electron chi connectivity index (χ1n) is 8.45. The molecule has 0 aliphatic rings. The molecule has 0 aliphatic carbocycles. The molecular weight excluding hydrogens is 326 g/mol. The summed E-state index contributed by atoms with van der Waals surface area (Å²) < 4.78 is 1.72. The minimum atomic E-state index is -1.32. The van der Waals surface area contributed by atoms with Crippen molar-refractivity contribution in [1.29, 1.82) is 0 Å². The zero-order chi connectivity index (χ0) is 18.8. The number of carbonyl (C=O) groups excluding carboxylic acids is 2. The summed E-state index contributed by atoms with van der Waals surface area (Å²) in [4.78, 5) is 24.9. The van der Waals surface area contributed by atoms with Crippen LogP contribution in [-0.2, 0) is 13.5 Å². The first-order valence-corrected chi connectivity index (χ1v) is 8.45. The maximum absolute atomic E-state index is 13.3. The number of hydrogen-bond donors (Lipinski definition) is 0. The fourth-order valence-corrected chi connectivity index (χ4v) is 3.32. The van der Waals surface area contributed by atoms with Gasteiger partial charge in [0.2, 0.25) is 0 Å². The summed E-state index contributed by atoms with van der Waals surface area (Å²) in [5.74, 6) is -1.60. The Morgan fingerprint density at radius 1 is 0.885 bits per heavy atom. The topological polar surface area (TPSA) is 62.1 Å². The Morgan fingerprint density at radius 3 is 2.12 bits per heavy atom. The van der Waals surface area contributed by atoms with Gasteiger partial charge in [-0.3, -0.25) is 4.79 Å². The monoisotopic (exact) mass is 346 g/mol. The van der Waals surface area contributed by atoms with Crippen LogP contribution < -0.4 is 5.11 Å². The third-order valence-corrected chi connectivity index (χ3v) is 4.91. The Morgan fingerprint density at radius 2 is 1.46 bits per heavy atom. The molecule has 4 heteroatoms. The number of carbonyl (C=O) groups is 2. The van der Waals surface area contributed by atoms with Crippen LogP contribution in [0.2, 0.25) is 0 Å². The van der Waals surface area contributed by atoms with E-state index >= 15 is 0 Å². The molecule has 2 aromatic carbocycles. The second kappa shape index (κ2) is 7.00. The molecule has 0 saturated carbocycles. The van der Waals surface area contributed by atoms with Crippen molar-refractivity contribution in [3.8, 4) is 0 Å². The van der Waals surface area contributed by atoms with Gasteiger partial charge in [-0.2, -0.15) is 0 Å². The average Bonchev–Trinajstić information content (AvgIpc) is 2.86. The van der Waals surface area contributed by atoms with Crippen molar-refractivity contribution in [2.24, 2.45) is 7.05 Å². The molecule has 0 amide bonds. The molecule has 0 atom stereocenters. The van der Waals surface area contributed by atoms with Crippen molar-refractivity contribution in [1.82, 2.24) is 4.57 Å². The van der Waals surface area contributed by atoms with Gasteiger partial charge in [0.15, 0.2) is 5.78 Å². The van der Waals surface area contributed by atoms with E-state index in [4.69, 9.17) is 0 Å². The van der Waals surface area contributed by atoms with E-state index in [1.807, 2.05) is 42.5 Å². The molecule has 4 nitrogen and oxygen atoms in total. The molecule has 0 N–H and O–H groups in total. The molecular formula is C22H20NO3-. The quantitative estimate of drug-likeness (QED) is 0.668. The van der Waals surface area contributed by atoms with E-state index < -0.39 is 5.97 Å². The Kier molecular flexibility index (Phi) is 4.76. The molecule has 3 rings (SSSR count). The van der Waals surface area contributed by atoms with E-state index in [1.54, 1.807) is 37.6 Å². The lowest BCUT2D eigenvalue weighted by Gasteiger charge is -2.11. The Bertz CT molecular complexity index is 984. The standard InChI is InChI=1S/C22H21NO3/c1-14-19(20(22(25)26)15(2)23(14)3)21(24)18-12-8-7-11-17(18)13-16-9-5-4-6-10-16/h4-12H,13H2,1-3H3,(H,25,26)/p-1. The minimum Gasteiger partial charge on any atom is -0.545 e. The number of carboxylic acids is 1. The van der Waals surface area contributed by atoms with Crippen LogP contribution in [0.4, 0.5) is 0 Å².